The summed E-state index contributed by atoms with van der Waals surface area (Å²) in [5.74, 6) is -7.16. The van der Waals surface area contributed by atoms with Gasteiger partial charge in [0.15, 0.2) is 17.4 Å². The third-order valence-corrected chi connectivity index (χ3v) is 1.75. The SMILES string of the molecule is C=Cc1c(F)c(F)c(OCC)c(F)c1F. The maximum Gasteiger partial charge on any atom is 0.204 e. The number of rotatable bonds is 3. The first-order valence-corrected chi connectivity index (χ1v) is 4.15. The van der Waals surface area contributed by atoms with E-state index in [1.807, 2.05) is 0 Å². The minimum Gasteiger partial charge on any atom is -0.488 e. The third-order valence-electron chi connectivity index (χ3n) is 1.75. The standard InChI is InChI=1S/C10H8F4O/c1-3-5-6(11)8(13)10(15-4-2)9(14)7(5)12/h3H,1,4H2,2H3. The van der Waals surface area contributed by atoms with Crippen molar-refractivity contribution in [3.63, 3.8) is 0 Å². The Morgan fingerprint density at radius 1 is 1.07 bits per heavy atom. The molecule has 1 rings (SSSR count). The fourth-order valence-corrected chi connectivity index (χ4v) is 1.08. The smallest absolute Gasteiger partial charge is 0.204 e. The van der Waals surface area contributed by atoms with Crippen LogP contribution in [0.2, 0.25) is 0 Å². The van der Waals surface area contributed by atoms with Crippen LogP contribution in [0.4, 0.5) is 17.6 Å². The molecule has 0 N–H and O–H groups in total. The van der Waals surface area contributed by atoms with E-state index in [1.165, 1.54) is 6.92 Å². The zero-order valence-electron chi connectivity index (χ0n) is 7.91. The van der Waals surface area contributed by atoms with Gasteiger partial charge in [-0.3, -0.25) is 0 Å². The van der Waals surface area contributed by atoms with Gasteiger partial charge in [0.05, 0.1) is 12.2 Å². The van der Waals surface area contributed by atoms with E-state index in [2.05, 4.69) is 11.3 Å². The Hall–Kier alpha value is -1.52. The van der Waals surface area contributed by atoms with E-state index in [9.17, 15) is 17.6 Å². The van der Waals surface area contributed by atoms with Crippen molar-refractivity contribution in [3.05, 3.63) is 35.4 Å². The van der Waals surface area contributed by atoms with E-state index in [-0.39, 0.29) is 6.61 Å². The number of hydrogen-bond acceptors (Lipinski definition) is 1. The van der Waals surface area contributed by atoms with E-state index in [4.69, 9.17) is 0 Å². The quantitative estimate of drug-likeness (QED) is 0.561. The summed E-state index contributed by atoms with van der Waals surface area (Å²) in [5, 5.41) is 0. The Bertz CT molecular complexity index is 372. The summed E-state index contributed by atoms with van der Waals surface area (Å²) in [4.78, 5) is 0. The largest absolute Gasteiger partial charge is 0.488 e. The normalized spacial score (nSPS) is 10.2. The van der Waals surface area contributed by atoms with E-state index in [0.29, 0.717) is 6.08 Å². The van der Waals surface area contributed by atoms with Crippen LogP contribution in [0.1, 0.15) is 12.5 Å². The molecule has 0 amide bonds. The van der Waals surface area contributed by atoms with Crippen molar-refractivity contribution in [2.45, 2.75) is 6.92 Å². The van der Waals surface area contributed by atoms with Crippen molar-refractivity contribution in [2.75, 3.05) is 6.61 Å². The molecule has 15 heavy (non-hydrogen) atoms. The van der Waals surface area contributed by atoms with Gasteiger partial charge in [-0.25, -0.2) is 8.78 Å². The number of halogens is 4. The van der Waals surface area contributed by atoms with Gasteiger partial charge in [-0.15, -0.1) is 0 Å². The summed E-state index contributed by atoms with van der Waals surface area (Å²) in [5.41, 5.74) is -0.839. The lowest BCUT2D eigenvalue weighted by molar-refractivity contribution is 0.286. The first-order chi connectivity index (χ1) is 7.04. The highest BCUT2D eigenvalue weighted by molar-refractivity contribution is 5.51. The summed E-state index contributed by atoms with van der Waals surface area (Å²) in [6.45, 7) is 4.40. The molecule has 1 nitrogen and oxygen atoms in total. The Balaban J connectivity index is 3.51. The van der Waals surface area contributed by atoms with Gasteiger partial charge in [0, 0.05) is 0 Å². The second-order valence-electron chi connectivity index (χ2n) is 2.64. The van der Waals surface area contributed by atoms with Crippen molar-refractivity contribution in [3.8, 4) is 5.75 Å². The Labute approximate surface area is 84.0 Å². The highest BCUT2D eigenvalue weighted by atomic mass is 19.2. The molecule has 0 radical (unpaired) electrons. The van der Waals surface area contributed by atoms with E-state index in [0.717, 1.165) is 0 Å². The van der Waals surface area contributed by atoms with Gasteiger partial charge in [0.2, 0.25) is 11.6 Å². The molecule has 0 atom stereocenters. The minimum atomic E-state index is -1.55. The first-order valence-electron chi connectivity index (χ1n) is 4.15. The molecule has 1 aromatic carbocycles. The van der Waals surface area contributed by atoms with E-state index >= 15 is 0 Å². The molecule has 0 aliphatic rings. The number of ether oxygens (including phenoxy) is 1. The summed E-state index contributed by atoms with van der Waals surface area (Å²) in [6.07, 6.45) is 0.701. The molecular weight excluding hydrogens is 212 g/mol. The predicted molar refractivity (Wildman–Crippen MR) is 47.5 cm³/mol. The second-order valence-corrected chi connectivity index (χ2v) is 2.64. The van der Waals surface area contributed by atoms with Crippen molar-refractivity contribution >= 4 is 6.08 Å². The zero-order valence-corrected chi connectivity index (χ0v) is 7.91. The minimum absolute atomic E-state index is 0.0971. The van der Waals surface area contributed by atoms with E-state index in [1.54, 1.807) is 0 Å². The Morgan fingerprint density at radius 3 is 1.87 bits per heavy atom. The molecule has 0 aromatic heterocycles. The number of benzene rings is 1. The molecule has 0 aliphatic heterocycles. The molecule has 5 heteroatoms. The van der Waals surface area contributed by atoms with Crippen LogP contribution in [0.5, 0.6) is 5.75 Å². The Kier molecular flexibility index (Phi) is 3.34. The topological polar surface area (TPSA) is 9.23 Å². The van der Waals surface area contributed by atoms with Gasteiger partial charge >= 0.3 is 0 Å². The molecule has 0 heterocycles. The Morgan fingerprint density at radius 2 is 1.53 bits per heavy atom. The fraction of sp³-hybridized carbons (Fsp3) is 0.200. The van der Waals surface area contributed by atoms with Crippen LogP contribution in [0.15, 0.2) is 6.58 Å². The molecule has 0 unspecified atom stereocenters. The number of hydrogen-bond donors (Lipinski definition) is 0. The fourth-order valence-electron chi connectivity index (χ4n) is 1.08. The lowest BCUT2D eigenvalue weighted by atomic mass is 10.1. The van der Waals surface area contributed by atoms with Gasteiger partial charge < -0.3 is 4.74 Å². The first kappa shape index (κ1) is 11.6. The summed E-state index contributed by atoms with van der Waals surface area (Å²) >= 11 is 0. The summed E-state index contributed by atoms with van der Waals surface area (Å²) < 4.78 is 56.9. The molecular formula is C10H8F4O. The lowest BCUT2D eigenvalue weighted by Gasteiger charge is -2.09. The van der Waals surface area contributed by atoms with Gasteiger partial charge in [-0.2, -0.15) is 8.78 Å². The van der Waals surface area contributed by atoms with Gasteiger partial charge in [-0.1, -0.05) is 12.7 Å². The van der Waals surface area contributed by atoms with Crippen LogP contribution in [0.25, 0.3) is 6.08 Å². The van der Waals surface area contributed by atoms with Crippen LogP contribution >= 0.6 is 0 Å². The van der Waals surface area contributed by atoms with Crippen molar-refractivity contribution in [2.24, 2.45) is 0 Å². The van der Waals surface area contributed by atoms with Crippen LogP contribution in [-0.4, -0.2) is 6.61 Å². The van der Waals surface area contributed by atoms with Crippen molar-refractivity contribution in [1.29, 1.82) is 0 Å². The average Bonchev–Trinajstić information content (AvgIpc) is 2.23. The van der Waals surface area contributed by atoms with Gasteiger partial charge in [-0.05, 0) is 6.92 Å². The monoisotopic (exact) mass is 220 g/mol. The van der Waals surface area contributed by atoms with Crippen molar-refractivity contribution in [1.82, 2.24) is 0 Å². The predicted octanol–water partition coefficient (Wildman–Crippen LogP) is 3.28. The molecule has 0 saturated heterocycles. The average molecular weight is 220 g/mol. The van der Waals surface area contributed by atoms with E-state index < -0.39 is 34.6 Å². The molecule has 82 valence electrons. The molecule has 0 aliphatic carbocycles. The third kappa shape index (κ3) is 1.82. The van der Waals surface area contributed by atoms with Gasteiger partial charge in [0.25, 0.3) is 0 Å². The zero-order chi connectivity index (χ0) is 11.6. The maximum absolute atomic E-state index is 13.1. The van der Waals surface area contributed by atoms with Crippen LogP contribution in [-0.2, 0) is 0 Å². The van der Waals surface area contributed by atoms with Crippen LogP contribution < -0.4 is 4.74 Å². The lowest BCUT2D eigenvalue weighted by Crippen LogP contribution is -2.05. The molecule has 0 saturated carbocycles. The molecule has 0 spiro atoms. The highest BCUT2D eigenvalue weighted by Crippen LogP contribution is 2.30. The van der Waals surface area contributed by atoms with Crippen molar-refractivity contribution < 1.29 is 22.3 Å². The van der Waals surface area contributed by atoms with Crippen LogP contribution in [0, 0.1) is 23.3 Å². The molecule has 1 aromatic rings. The molecule has 0 fully saturated rings. The summed E-state index contributed by atoms with van der Waals surface area (Å²) in [7, 11) is 0. The molecule has 0 bridgehead atoms. The maximum atomic E-state index is 13.1. The summed E-state index contributed by atoms with van der Waals surface area (Å²) in [6, 6.07) is 0. The highest BCUT2D eigenvalue weighted by Gasteiger charge is 2.24. The van der Waals surface area contributed by atoms with Gasteiger partial charge in [0.1, 0.15) is 0 Å². The van der Waals surface area contributed by atoms with Crippen LogP contribution in [0.3, 0.4) is 0 Å². The second kappa shape index (κ2) is 4.33.